The van der Waals surface area contributed by atoms with Crippen molar-refractivity contribution in [3.63, 3.8) is 0 Å². The molecule has 2 rings (SSSR count). The van der Waals surface area contributed by atoms with Gasteiger partial charge in [0.15, 0.2) is 0 Å². The van der Waals surface area contributed by atoms with Crippen LogP contribution < -0.4 is 4.90 Å². The Bertz CT molecular complexity index is 750. The molecule has 1 aromatic rings. The first-order chi connectivity index (χ1) is 11.7. The van der Waals surface area contributed by atoms with Gasteiger partial charge in [-0.15, -0.1) is 0 Å². The number of halogens is 1. The number of hydrogen-bond acceptors (Lipinski definition) is 4. The third-order valence-corrected chi connectivity index (χ3v) is 6.81. The Balaban J connectivity index is 2.52. The second-order valence-corrected chi connectivity index (χ2v) is 9.18. The lowest BCUT2D eigenvalue weighted by molar-refractivity contribution is -0.118. The summed E-state index contributed by atoms with van der Waals surface area (Å²) in [4.78, 5) is 16.1. The summed E-state index contributed by atoms with van der Waals surface area (Å²) in [6.45, 7) is 5.60. The zero-order valence-electron chi connectivity index (χ0n) is 15.2. The molecule has 0 radical (unpaired) electrons. The first kappa shape index (κ1) is 20.4. The van der Waals surface area contributed by atoms with E-state index in [4.69, 9.17) is 0 Å². The molecule has 0 bridgehead atoms. The van der Waals surface area contributed by atoms with E-state index < -0.39 is 10.0 Å². The number of nitrogens with zero attached hydrogens (tertiary/aromatic N) is 3. The quantitative estimate of drug-likeness (QED) is 0.664. The first-order valence-electron chi connectivity index (χ1n) is 8.50. The normalized spacial score (nSPS) is 14.4. The summed E-state index contributed by atoms with van der Waals surface area (Å²) in [7, 11) is 0.145. The molecule has 0 spiro atoms. The first-order valence-corrected chi connectivity index (χ1v) is 10.7. The molecular weight excluding hydrogens is 406 g/mol. The topological polar surface area (TPSA) is 60.9 Å². The van der Waals surface area contributed by atoms with Crippen LogP contribution in [-0.4, -0.2) is 63.8 Å². The fourth-order valence-electron chi connectivity index (χ4n) is 3.01. The van der Waals surface area contributed by atoms with Crippen LogP contribution in [0.15, 0.2) is 21.5 Å². The zero-order chi connectivity index (χ0) is 18.8. The van der Waals surface area contributed by atoms with Crippen LogP contribution in [0.1, 0.15) is 25.8 Å². The number of carbonyl (C=O) groups is 1. The number of anilines is 1. The van der Waals surface area contributed by atoms with E-state index in [0.717, 1.165) is 10.0 Å². The lowest BCUT2D eigenvalue weighted by Gasteiger charge is -2.26. The maximum absolute atomic E-state index is 13.3. The minimum atomic E-state index is -3.69. The van der Waals surface area contributed by atoms with Crippen LogP contribution in [-0.2, 0) is 21.2 Å². The SMILES string of the molecule is CCC(=O)N1CCc2cc(Br)cc(S(=O)(=O)N(CC)CCN(C)C)c21. The summed E-state index contributed by atoms with van der Waals surface area (Å²) >= 11 is 3.42. The van der Waals surface area contributed by atoms with E-state index in [0.29, 0.717) is 44.7 Å². The molecule has 0 N–H and O–H groups in total. The van der Waals surface area contributed by atoms with Crippen LogP contribution in [0, 0.1) is 0 Å². The molecule has 140 valence electrons. The van der Waals surface area contributed by atoms with E-state index in [1.165, 1.54) is 4.31 Å². The molecule has 0 fully saturated rings. The highest BCUT2D eigenvalue weighted by molar-refractivity contribution is 9.10. The number of carbonyl (C=O) groups excluding carboxylic acids is 1. The Morgan fingerprint density at radius 1 is 1.24 bits per heavy atom. The lowest BCUT2D eigenvalue weighted by Crippen LogP contribution is -2.37. The fraction of sp³-hybridized carbons (Fsp3) is 0.588. The highest BCUT2D eigenvalue weighted by atomic mass is 79.9. The minimum absolute atomic E-state index is 0.0473. The molecule has 1 heterocycles. The Morgan fingerprint density at radius 2 is 1.92 bits per heavy atom. The van der Waals surface area contributed by atoms with Crippen molar-refractivity contribution in [1.82, 2.24) is 9.21 Å². The van der Waals surface area contributed by atoms with Crippen molar-refractivity contribution in [2.24, 2.45) is 0 Å². The number of fused-ring (bicyclic) bond motifs is 1. The largest absolute Gasteiger partial charge is 0.310 e. The molecule has 0 aliphatic carbocycles. The van der Waals surface area contributed by atoms with Gasteiger partial charge in [0.25, 0.3) is 0 Å². The molecule has 0 aromatic heterocycles. The standard InChI is InChI=1S/C17H26BrN3O3S/c1-5-16(22)21-8-7-13-11-14(18)12-15(17(13)21)25(23,24)20(6-2)10-9-19(3)4/h11-12H,5-10H2,1-4H3. The number of sulfonamides is 1. The molecule has 8 heteroatoms. The zero-order valence-corrected chi connectivity index (χ0v) is 17.7. The van der Waals surface area contributed by atoms with Crippen molar-refractivity contribution >= 4 is 37.5 Å². The number of rotatable bonds is 7. The number of hydrogen-bond donors (Lipinski definition) is 0. The van der Waals surface area contributed by atoms with Crippen LogP contribution in [0.25, 0.3) is 0 Å². The van der Waals surface area contributed by atoms with Gasteiger partial charge in [-0.3, -0.25) is 4.79 Å². The Hall–Kier alpha value is -0.960. The highest BCUT2D eigenvalue weighted by Crippen LogP contribution is 2.39. The van der Waals surface area contributed by atoms with Crippen molar-refractivity contribution in [3.8, 4) is 0 Å². The molecule has 25 heavy (non-hydrogen) atoms. The number of likely N-dealkylation sites (N-methyl/N-ethyl adjacent to an activating group) is 2. The van der Waals surface area contributed by atoms with E-state index in [-0.39, 0.29) is 10.8 Å². The Labute approximate surface area is 159 Å². The Morgan fingerprint density at radius 3 is 2.48 bits per heavy atom. The summed E-state index contributed by atoms with van der Waals surface area (Å²) in [5.74, 6) is -0.0473. The van der Waals surface area contributed by atoms with Crippen LogP contribution in [0.4, 0.5) is 5.69 Å². The van der Waals surface area contributed by atoms with E-state index in [1.807, 2.05) is 32.0 Å². The summed E-state index contributed by atoms with van der Waals surface area (Å²) in [5.41, 5.74) is 1.46. The predicted molar refractivity (Wildman–Crippen MR) is 103 cm³/mol. The van der Waals surface area contributed by atoms with Gasteiger partial charge in [0, 0.05) is 37.1 Å². The maximum atomic E-state index is 13.3. The summed E-state index contributed by atoms with van der Waals surface area (Å²) in [6.07, 6.45) is 1.03. The van der Waals surface area contributed by atoms with E-state index in [2.05, 4.69) is 15.9 Å². The van der Waals surface area contributed by atoms with Crippen molar-refractivity contribution < 1.29 is 13.2 Å². The van der Waals surface area contributed by atoms with E-state index >= 15 is 0 Å². The van der Waals surface area contributed by atoms with Gasteiger partial charge < -0.3 is 9.80 Å². The third kappa shape index (κ3) is 4.24. The third-order valence-electron chi connectivity index (χ3n) is 4.36. The van der Waals surface area contributed by atoms with Gasteiger partial charge >= 0.3 is 0 Å². The maximum Gasteiger partial charge on any atom is 0.245 e. The van der Waals surface area contributed by atoms with Crippen molar-refractivity contribution in [2.45, 2.75) is 31.6 Å². The predicted octanol–water partition coefficient (Wildman–Crippen LogP) is 2.32. The number of benzene rings is 1. The van der Waals surface area contributed by atoms with Crippen LogP contribution in [0.2, 0.25) is 0 Å². The second kappa shape index (κ2) is 8.16. The average molecular weight is 432 g/mol. The Kier molecular flexibility index (Phi) is 6.64. The second-order valence-electron chi connectivity index (χ2n) is 6.36. The summed E-state index contributed by atoms with van der Waals surface area (Å²) < 4.78 is 28.8. The molecule has 1 aliphatic heterocycles. The molecule has 0 unspecified atom stereocenters. The smallest absolute Gasteiger partial charge is 0.245 e. The summed E-state index contributed by atoms with van der Waals surface area (Å²) in [6, 6.07) is 3.53. The van der Waals surface area contributed by atoms with Gasteiger partial charge in [0.05, 0.1) is 5.69 Å². The fourth-order valence-corrected chi connectivity index (χ4v) is 5.36. The molecular formula is C17H26BrN3O3S. The van der Waals surface area contributed by atoms with Crippen LogP contribution in [0.3, 0.4) is 0 Å². The van der Waals surface area contributed by atoms with E-state index in [9.17, 15) is 13.2 Å². The lowest BCUT2D eigenvalue weighted by atomic mass is 10.2. The molecule has 0 saturated heterocycles. The van der Waals surface area contributed by atoms with Crippen molar-refractivity contribution in [1.29, 1.82) is 0 Å². The van der Waals surface area contributed by atoms with Crippen molar-refractivity contribution in [3.05, 3.63) is 22.2 Å². The van der Waals surface area contributed by atoms with Crippen LogP contribution in [0.5, 0.6) is 0 Å². The highest BCUT2D eigenvalue weighted by Gasteiger charge is 2.34. The molecule has 1 aromatic carbocycles. The summed E-state index contributed by atoms with van der Waals surface area (Å²) in [5, 5.41) is 0. The van der Waals surface area contributed by atoms with E-state index in [1.54, 1.807) is 17.9 Å². The molecule has 1 aliphatic rings. The van der Waals surface area contributed by atoms with Gasteiger partial charge in [0.1, 0.15) is 4.90 Å². The molecule has 0 saturated carbocycles. The van der Waals surface area contributed by atoms with Gasteiger partial charge in [0.2, 0.25) is 15.9 Å². The van der Waals surface area contributed by atoms with Gasteiger partial charge in [-0.05, 0) is 38.2 Å². The van der Waals surface area contributed by atoms with Gasteiger partial charge in [-0.25, -0.2) is 8.42 Å². The van der Waals surface area contributed by atoms with Crippen LogP contribution >= 0.6 is 15.9 Å². The average Bonchev–Trinajstić information content (AvgIpc) is 2.96. The number of amides is 1. The minimum Gasteiger partial charge on any atom is -0.310 e. The molecule has 0 atom stereocenters. The van der Waals surface area contributed by atoms with Crippen molar-refractivity contribution in [2.75, 3.05) is 45.2 Å². The van der Waals surface area contributed by atoms with Gasteiger partial charge in [-0.1, -0.05) is 29.8 Å². The monoisotopic (exact) mass is 431 g/mol. The van der Waals surface area contributed by atoms with Gasteiger partial charge in [-0.2, -0.15) is 4.31 Å². The molecule has 1 amide bonds. The molecule has 6 nitrogen and oxygen atoms in total.